The number of rotatable bonds is 5. The van der Waals surface area contributed by atoms with Crippen molar-refractivity contribution in [1.29, 1.82) is 0 Å². The number of nitrogens with one attached hydrogen (secondary N) is 1. The van der Waals surface area contributed by atoms with Crippen LogP contribution in [-0.4, -0.2) is 42.0 Å². The zero-order valence-electron chi connectivity index (χ0n) is 16.1. The van der Waals surface area contributed by atoms with Crippen molar-refractivity contribution in [3.05, 3.63) is 89.9 Å². The zero-order chi connectivity index (χ0) is 20.1. The Labute approximate surface area is 169 Å². The van der Waals surface area contributed by atoms with Crippen molar-refractivity contribution in [2.75, 3.05) is 36.4 Å². The molecular weight excluding hydrogens is 367 g/mol. The number of anilines is 2. The Hall–Kier alpha value is -3.25. The molecule has 1 aromatic heterocycles. The van der Waals surface area contributed by atoms with Gasteiger partial charge in [0.05, 0.1) is 11.9 Å². The summed E-state index contributed by atoms with van der Waals surface area (Å²) in [5.74, 6) is -0.196. The van der Waals surface area contributed by atoms with E-state index in [9.17, 15) is 9.18 Å². The maximum atomic E-state index is 13.0. The molecule has 2 aromatic carbocycles. The lowest BCUT2D eigenvalue weighted by atomic mass is 10.2. The number of halogens is 1. The Morgan fingerprint density at radius 1 is 0.931 bits per heavy atom. The van der Waals surface area contributed by atoms with E-state index in [1.807, 2.05) is 12.1 Å². The van der Waals surface area contributed by atoms with Gasteiger partial charge in [0.25, 0.3) is 5.91 Å². The first kappa shape index (κ1) is 19.1. The highest BCUT2D eigenvalue weighted by Crippen LogP contribution is 2.18. The average molecular weight is 390 g/mol. The van der Waals surface area contributed by atoms with Crippen LogP contribution in [0.15, 0.2) is 72.9 Å². The molecule has 0 atom stereocenters. The van der Waals surface area contributed by atoms with Crippen molar-refractivity contribution in [3.8, 4) is 0 Å². The molecule has 1 fully saturated rings. The number of nitrogens with zero attached hydrogens (tertiary/aromatic N) is 3. The van der Waals surface area contributed by atoms with Crippen LogP contribution in [0.25, 0.3) is 0 Å². The molecule has 148 valence electrons. The summed E-state index contributed by atoms with van der Waals surface area (Å²) < 4.78 is 13.0. The van der Waals surface area contributed by atoms with Crippen molar-refractivity contribution in [2.24, 2.45) is 0 Å². The second-order valence-electron chi connectivity index (χ2n) is 7.11. The van der Waals surface area contributed by atoms with E-state index in [0.29, 0.717) is 11.4 Å². The molecule has 0 saturated carbocycles. The van der Waals surface area contributed by atoms with Gasteiger partial charge in [0.2, 0.25) is 0 Å². The molecule has 0 aliphatic carbocycles. The minimum atomic E-state index is -0.368. The molecule has 1 aliphatic rings. The molecule has 1 saturated heterocycles. The van der Waals surface area contributed by atoms with E-state index in [0.717, 1.165) is 38.4 Å². The fourth-order valence-electron chi connectivity index (χ4n) is 3.44. The number of pyridine rings is 1. The Bertz CT molecular complexity index is 937. The van der Waals surface area contributed by atoms with Crippen LogP contribution < -0.4 is 10.2 Å². The van der Waals surface area contributed by atoms with E-state index in [-0.39, 0.29) is 11.7 Å². The van der Waals surface area contributed by atoms with Crippen LogP contribution in [0.4, 0.5) is 15.9 Å². The van der Waals surface area contributed by atoms with E-state index in [1.165, 1.54) is 29.8 Å². The van der Waals surface area contributed by atoms with E-state index < -0.39 is 0 Å². The first-order valence-corrected chi connectivity index (χ1v) is 9.71. The van der Waals surface area contributed by atoms with Crippen molar-refractivity contribution < 1.29 is 9.18 Å². The lowest BCUT2D eigenvalue weighted by Crippen LogP contribution is -2.46. The smallest absolute Gasteiger partial charge is 0.256 e. The van der Waals surface area contributed by atoms with Crippen LogP contribution in [0.2, 0.25) is 0 Å². The number of piperazine rings is 1. The molecule has 5 nitrogen and oxygen atoms in total. The predicted octanol–water partition coefficient (Wildman–Crippen LogP) is 3.80. The van der Waals surface area contributed by atoms with Gasteiger partial charge in [-0.05, 0) is 42.0 Å². The lowest BCUT2D eigenvalue weighted by Gasteiger charge is -2.36. The van der Waals surface area contributed by atoms with Gasteiger partial charge in [0.1, 0.15) is 11.6 Å². The van der Waals surface area contributed by atoms with Gasteiger partial charge < -0.3 is 10.2 Å². The molecule has 3 aromatic rings. The van der Waals surface area contributed by atoms with E-state index in [2.05, 4.69) is 44.4 Å². The molecule has 29 heavy (non-hydrogen) atoms. The minimum Gasteiger partial charge on any atom is -0.368 e. The molecule has 0 spiro atoms. The fraction of sp³-hybridized carbons (Fsp3) is 0.217. The summed E-state index contributed by atoms with van der Waals surface area (Å²) in [6.07, 6.45) is 1.78. The fourth-order valence-corrected chi connectivity index (χ4v) is 3.44. The first-order chi connectivity index (χ1) is 14.2. The van der Waals surface area contributed by atoms with Gasteiger partial charge in [-0.3, -0.25) is 9.69 Å². The molecule has 1 aliphatic heterocycles. The van der Waals surface area contributed by atoms with Gasteiger partial charge in [0, 0.05) is 38.3 Å². The molecule has 1 amide bonds. The summed E-state index contributed by atoms with van der Waals surface area (Å²) in [6, 6.07) is 19.7. The van der Waals surface area contributed by atoms with E-state index >= 15 is 0 Å². The Balaban J connectivity index is 1.30. The summed E-state index contributed by atoms with van der Waals surface area (Å²) in [5, 5.41) is 2.74. The Morgan fingerprint density at radius 3 is 2.31 bits per heavy atom. The van der Waals surface area contributed by atoms with Crippen LogP contribution in [0, 0.1) is 5.82 Å². The van der Waals surface area contributed by atoms with Crippen molar-refractivity contribution >= 4 is 17.4 Å². The van der Waals surface area contributed by atoms with Gasteiger partial charge in [0.15, 0.2) is 0 Å². The summed E-state index contributed by atoms with van der Waals surface area (Å²) >= 11 is 0. The van der Waals surface area contributed by atoms with Gasteiger partial charge in [-0.15, -0.1) is 0 Å². The third kappa shape index (κ3) is 4.97. The zero-order valence-corrected chi connectivity index (χ0v) is 16.1. The number of amides is 1. The summed E-state index contributed by atoms with van der Waals surface area (Å²) in [7, 11) is 0. The third-order valence-electron chi connectivity index (χ3n) is 5.08. The molecule has 0 unspecified atom stereocenters. The number of carbonyl (C=O) groups excluding carboxylic acids is 1. The van der Waals surface area contributed by atoms with Crippen molar-refractivity contribution in [1.82, 2.24) is 9.88 Å². The number of benzene rings is 2. The SMILES string of the molecule is O=C(Nc1ccc(N2CCN(Cc3ccccc3)CC2)cn1)c1ccc(F)cc1. The largest absolute Gasteiger partial charge is 0.368 e. The molecular formula is C23H23FN4O. The molecule has 2 heterocycles. The predicted molar refractivity (Wildman–Crippen MR) is 113 cm³/mol. The maximum Gasteiger partial charge on any atom is 0.256 e. The number of hydrogen-bond donors (Lipinski definition) is 1. The average Bonchev–Trinajstić information content (AvgIpc) is 2.76. The first-order valence-electron chi connectivity index (χ1n) is 9.71. The highest BCUT2D eigenvalue weighted by Gasteiger charge is 2.17. The number of hydrogen-bond acceptors (Lipinski definition) is 4. The molecule has 6 heteroatoms. The number of aromatic nitrogens is 1. The maximum absolute atomic E-state index is 13.0. The topological polar surface area (TPSA) is 48.5 Å². The lowest BCUT2D eigenvalue weighted by molar-refractivity contribution is 0.102. The molecule has 1 N–H and O–H groups in total. The summed E-state index contributed by atoms with van der Waals surface area (Å²) in [4.78, 5) is 21.3. The van der Waals surface area contributed by atoms with Gasteiger partial charge >= 0.3 is 0 Å². The highest BCUT2D eigenvalue weighted by atomic mass is 19.1. The third-order valence-corrected chi connectivity index (χ3v) is 5.08. The van der Waals surface area contributed by atoms with Gasteiger partial charge in [-0.2, -0.15) is 0 Å². The Kier molecular flexibility index (Phi) is 5.81. The molecule has 0 radical (unpaired) electrons. The van der Waals surface area contributed by atoms with Gasteiger partial charge in [-0.1, -0.05) is 30.3 Å². The van der Waals surface area contributed by atoms with Crippen molar-refractivity contribution in [2.45, 2.75) is 6.54 Å². The minimum absolute atomic E-state index is 0.306. The highest BCUT2D eigenvalue weighted by molar-refractivity contribution is 6.03. The standard InChI is InChI=1S/C23H23FN4O/c24-20-8-6-19(7-9-20)23(29)26-22-11-10-21(16-25-22)28-14-12-27(13-15-28)17-18-4-2-1-3-5-18/h1-11,16H,12-15,17H2,(H,25,26,29). The summed E-state index contributed by atoms with van der Waals surface area (Å²) in [5.41, 5.74) is 2.78. The second-order valence-corrected chi connectivity index (χ2v) is 7.11. The quantitative estimate of drug-likeness (QED) is 0.720. The van der Waals surface area contributed by atoms with E-state index in [1.54, 1.807) is 12.3 Å². The van der Waals surface area contributed by atoms with Crippen LogP contribution in [0.3, 0.4) is 0 Å². The normalized spacial score (nSPS) is 14.6. The number of carbonyl (C=O) groups is 1. The van der Waals surface area contributed by atoms with Crippen LogP contribution >= 0.6 is 0 Å². The molecule has 4 rings (SSSR count). The summed E-state index contributed by atoms with van der Waals surface area (Å²) in [6.45, 7) is 4.85. The van der Waals surface area contributed by atoms with Crippen LogP contribution in [0.1, 0.15) is 15.9 Å². The second kappa shape index (κ2) is 8.84. The van der Waals surface area contributed by atoms with Crippen molar-refractivity contribution in [3.63, 3.8) is 0 Å². The van der Waals surface area contributed by atoms with Crippen LogP contribution in [0.5, 0.6) is 0 Å². The van der Waals surface area contributed by atoms with Crippen LogP contribution in [-0.2, 0) is 6.54 Å². The molecule has 0 bridgehead atoms. The van der Waals surface area contributed by atoms with Gasteiger partial charge in [-0.25, -0.2) is 9.37 Å². The monoisotopic (exact) mass is 390 g/mol. The van der Waals surface area contributed by atoms with E-state index in [4.69, 9.17) is 0 Å². The Morgan fingerprint density at radius 2 is 1.66 bits per heavy atom.